The van der Waals surface area contributed by atoms with Crippen molar-refractivity contribution >= 4 is 40.3 Å². The minimum atomic E-state index is -0.0383. The molecule has 21 heavy (non-hydrogen) atoms. The maximum absolute atomic E-state index is 12.8. The van der Waals surface area contributed by atoms with Crippen molar-refractivity contribution in [3.63, 3.8) is 0 Å². The zero-order chi connectivity index (χ0) is 14.5. The van der Waals surface area contributed by atoms with Gasteiger partial charge in [0.05, 0.1) is 19.1 Å². The average molecular weight is 339 g/mol. The number of amides is 1. The summed E-state index contributed by atoms with van der Waals surface area (Å²) in [6.45, 7) is 2.33. The first-order valence-corrected chi connectivity index (χ1v) is 9.89. The number of carbonyl (C=O) groups is 1. The molecule has 3 nitrogen and oxygen atoms in total. The van der Waals surface area contributed by atoms with E-state index in [1.807, 2.05) is 28.8 Å². The maximum Gasteiger partial charge on any atom is 0.241 e. The summed E-state index contributed by atoms with van der Waals surface area (Å²) in [5.41, 5.74) is 0. The van der Waals surface area contributed by atoms with E-state index < -0.39 is 0 Å². The molecular formula is C15H18N2OS3. The van der Waals surface area contributed by atoms with E-state index in [1.165, 1.54) is 9.75 Å². The molecule has 2 aromatic rings. The monoisotopic (exact) mass is 338 g/mol. The highest BCUT2D eigenvalue weighted by atomic mass is 32.2. The van der Waals surface area contributed by atoms with Crippen LogP contribution in [0.3, 0.4) is 0 Å². The summed E-state index contributed by atoms with van der Waals surface area (Å²) < 4.78 is 0. The van der Waals surface area contributed by atoms with Gasteiger partial charge in [-0.1, -0.05) is 12.1 Å². The standard InChI is InChI=1S/C15H18N2OS3/c18-15(14-11-19-8-5-16-14)17(9-12-3-1-6-20-12)10-13-4-2-7-21-13/h1-4,6-7,14,16H,5,8-11H2. The second-order valence-electron chi connectivity index (χ2n) is 4.93. The number of nitrogens with one attached hydrogen (secondary N) is 1. The number of carbonyl (C=O) groups excluding carboxylic acids is 1. The first-order chi connectivity index (χ1) is 10.3. The van der Waals surface area contributed by atoms with E-state index in [4.69, 9.17) is 0 Å². The third kappa shape index (κ3) is 4.10. The molecule has 2 aromatic heterocycles. The van der Waals surface area contributed by atoms with Crippen LogP contribution in [0.2, 0.25) is 0 Å². The van der Waals surface area contributed by atoms with Crippen molar-refractivity contribution in [1.82, 2.24) is 10.2 Å². The molecule has 0 aliphatic carbocycles. The lowest BCUT2D eigenvalue weighted by Gasteiger charge is -2.29. The van der Waals surface area contributed by atoms with Crippen molar-refractivity contribution in [2.24, 2.45) is 0 Å². The molecule has 0 bridgehead atoms. The fraction of sp³-hybridized carbons (Fsp3) is 0.400. The molecular weight excluding hydrogens is 320 g/mol. The smallest absolute Gasteiger partial charge is 0.241 e. The molecule has 1 N–H and O–H groups in total. The van der Waals surface area contributed by atoms with E-state index in [9.17, 15) is 4.79 Å². The molecule has 6 heteroatoms. The van der Waals surface area contributed by atoms with E-state index in [0.29, 0.717) is 13.1 Å². The molecule has 1 aliphatic heterocycles. The van der Waals surface area contributed by atoms with Crippen LogP contribution in [0.25, 0.3) is 0 Å². The third-order valence-electron chi connectivity index (χ3n) is 3.39. The molecule has 1 amide bonds. The van der Waals surface area contributed by atoms with Gasteiger partial charge >= 0.3 is 0 Å². The second kappa shape index (κ2) is 7.45. The van der Waals surface area contributed by atoms with Crippen molar-refractivity contribution in [3.8, 4) is 0 Å². The molecule has 0 radical (unpaired) electrons. The normalized spacial score (nSPS) is 18.6. The average Bonchev–Trinajstić information content (AvgIpc) is 3.20. The summed E-state index contributed by atoms with van der Waals surface area (Å²) in [4.78, 5) is 17.3. The van der Waals surface area contributed by atoms with Crippen molar-refractivity contribution in [2.45, 2.75) is 19.1 Å². The highest BCUT2D eigenvalue weighted by molar-refractivity contribution is 7.99. The van der Waals surface area contributed by atoms with Crippen molar-refractivity contribution < 1.29 is 4.79 Å². The van der Waals surface area contributed by atoms with Gasteiger partial charge in [-0.05, 0) is 22.9 Å². The van der Waals surface area contributed by atoms with Crippen molar-refractivity contribution in [2.75, 3.05) is 18.1 Å². The Morgan fingerprint density at radius 3 is 2.33 bits per heavy atom. The van der Waals surface area contributed by atoms with Gasteiger partial charge in [-0.2, -0.15) is 11.8 Å². The first kappa shape index (κ1) is 15.1. The molecule has 1 saturated heterocycles. The lowest BCUT2D eigenvalue weighted by atomic mass is 10.2. The van der Waals surface area contributed by atoms with Crippen molar-refractivity contribution in [1.29, 1.82) is 0 Å². The SMILES string of the molecule is O=C(C1CSCCN1)N(Cc1cccs1)Cc1cccs1. The topological polar surface area (TPSA) is 32.3 Å². The Bertz CT molecular complexity index is 511. The maximum atomic E-state index is 12.8. The Morgan fingerprint density at radius 1 is 1.19 bits per heavy atom. The molecule has 112 valence electrons. The molecule has 0 aromatic carbocycles. The van der Waals surface area contributed by atoms with Crippen LogP contribution in [0.15, 0.2) is 35.0 Å². The first-order valence-electron chi connectivity index (χ1n) is 6.97. The lowest BCUT2D eigenvalue weighted by Crippen LogP contribution is -2.50. The number of hydrogen-bond donors (Lipinski definition) is 1. The summed E-state index contributed by atoms with van der Waals surface area (Å²) in [6.07, 6.45) is 0. The predicted molar refractivity (Wildman–Crippen MR) is 92.0 cm³/mol. The van der Waals surface area contributed by atoms with E-state index in [0.717, 1.165) is 18.1 Å². The number of rotatable bonds is 5. The third-order valence-corrected chi connectivity index (χ3v) is 6.17. The van der Waals surface area contributed by atoms with Crippen LogP contribution in [0.4, 0.5) is 0 Å². The predicted octanol–water partition coefficient (Wildman–Crippen LogP) is 3.04. The molecule has 1 fully saturated rings. The summed E-state index contributed by atoms with van der Waals surface area (Å²) in [7, 11) is 0. The molecule has 3 rings (SSSR count). The van der Waals surface area contributed by atoms with Crippen LogP contribution in [0, 0.1) is 0 Å². The van der Waals surface area contributed by atoms with Gasteiger partial charge in [-0.3, -0.25) is 4.79 Å². The molecule has 0 saturated carbocycles. The second-order valence-corrected chi connectivity index (χ2v) is 8.15. The van der Waals surface area contributed by atoms with E-state index in [-0.39, 0.29) is 11.9 Å². The minimum Gasteiger partial charge on any atom is -0.331 e. The van der Waals surface area contributed by atoms with E-state index in [1.54, 1.807) is 22.7 Å². The van der Waals surface area contributed by atoms with Gasteiger partial charge in [0.15, 0.2) is 0 Å². The van der Waals surface area contributed by atoms with E-state index >= 15 is 0 Å². The lowest BCUT2D eigenvalue weighted by molar-refractivity contribution is -0.134. The van der Waals surface area contributed by atoms with Crippen LogP contribution < -0.4 is 5.32 Å². The fourth-order valence-corrected chi connectivity index (χ4v) is 4.70. The highest BCUT2D eigenvalue weighted by Crippen LogP contribution is 2.19. The Kier molecular flexibility index (Phi) is 5.35. The summed E-state index contributed by atoms with van der Waals surface area (Å²) >= 11 is 5.28. The largest absolute Gasteiger partial charge is 0.331 e. The molecule has 0 spiro atoms. The van der Waals surface area contributed by atoms with Gasteiger partial charge in [-0.15, -0.1) is 22.7 Å². The molecule has 1 aliphatic rings. The molecule has 1 unspecified atom stereocenters. The number of thiophene rings is 2. The van der Waals surface area contributed by atoms with E-state index in [2.05, 4.69) is 28.2 Å². The van der Waals surface area contributed by atoms with Crippen LogP contribution in [-0.4, -0.2) is 34.9 Å². The quantitative estimate of drug-likeness (QED) is 0.909. The Labute approximate surface area is 137 Å². The van der Waals surface area contributed by atoms with Crippen LogP contribution in [-0.2, 0) is 17.9 Å². The zero-order valence-electron chi connectivity index (χ0n) is 11.7. The van der Waals surface area contributed by atoms with Gasteiger partial charge in [0.2, 0.25) is 5.91 Å². The number of hydrogen-bond acceptors (Lipinski definition) is 5. The zero-order valence-corrected chi connectivity index (χ0v) is 14.1. The Morgan fingerprint density at radius 2 is 1.86 bits per heavy atom. The van der Waals surface area contributed by atoms with Crippen molar-refractivity contribution in [3.05, 3.63) is 44.8 Å². The summed E-state index contributed by atoms with van der Waals surface area (Å²) in [6, 6.07) is 8.25. The van der Waals surface area contributed by atoms with Crippen LogP contribution >= 0.6 is 34.4 Å². The summed E-state index contributed by atoms with van der Waals surface area (Å²) in [5.74, 6) is 2.20. The van der Waals surface area contributed by atoms with Gasteiger partial charge in [0, 0.05) is 27.8 Å². The van der Waals surface area contributed by atoms with Crippen LogP contribution in [0.5, 0.6) is 0 Å². The summed E-state index contributed by atoms with van der Waals surface area (Å²) in [5, 5.41) is 7.49. The Hall–Kier alpha value is -0.820. The Balaban J connectivity index is 1.72. The van der Waals surface area contributed by atoms with Crippen LogP contribution in [0.1, 0.15) is 9.75 Å². The number of thioether (sulfide) groups is 1. The molecule has 1 atom stereocenters. The minimum absolute atomic E-state index is 0.0383. The van der Waals surface area contributed by atoms with Gasteiger partial charge < -0.3 is 10.2 Å². The highest BCUT2D eigenvalue weighted by Gasteiger charge is 2.26. The number of nitrogens with zero attached hydrogens (tertiary/aromatic N) is 1. The van der Waals surface area contributed by atoms with Gasteiger partial charge in [0.1, 0.15) is 0 Å². The molecule has 3 heterocycles. The fourth-order valence-electron chi connectivity index (χ4n) is 2.34. The van der Waals surface area contributed by atoms with Gasteiger partial charge in [0.25, 0.3) is 0 Å². The van der Waals surface area contributed by atoms with Gasteiger partial charge in [-0.25, -0.2) is 0 Å².